The Kier molecular flexibility index (Phi) is 4.92. The number of carbonyl (C=O) groups excluding carboxylic acids is 1. The molecule has 1 N–H and O–H groups in total. The Hall–Kier alpha value is -1.60. The molecule has 6 nitrogen and oxygen atoms in total. The fraction of sp³-hybridized carbons (Fsp3) is 0.300. The van der Waals surface area contributed by atoms with E-state index in [-0.39, 0.29) is 11.4 Å². The van der Waals surface area contributed by atoms with Crippen molar-refractivity contribution in [1.29, 1.82) is 0 Å². The number of nitrogens with zero attached hydrogens (tertiary/aromatic N) is 1. The van der Waals surface area contributed by atoms with Crippen LogP contribution in [0, 0.1) is 6.92 Å². The summed E-state index contributed by atoms with van der Waals surface area (Å²) in [5.74, 6) is 0.0650. The van der Waals surface area contributed by atoms with Crippen molar-refractivity contribution in [1.82, 2.24) is 0 Å². The van der Waals surface area contributed by atoms with Gasteiger partial charge in [-0.2, -0.15) is 0 Å². The number of aryl methyl sites for hydroxylation is 1. The average Bonchev–Trinajstić information content (AvgIpc) is 2.28. The highest BCUT2D eigenvalue weighted by molar-refractivity contribution is 8.10. The number of amidine groups is 1. The van der Waals surface area contributed by atoms with Gasteiger partial charge in [-0.3, -0.25) is 9.79 Å². The molecule has 0 fully saturated rings. The first kappa shape index (κ1) is 13.5. The normalized spacial score (nSPS) is 11.4. The van der Waals surface area contributed by atoms with Crippen molar-refractivity contribution in [3.63, 3.8) is 0 Å². The van der Waals surface area contributed by atoms with Crippen molar-refractivity contribution in [2.45, 2.75) is 6.92 Å². The van der Waals surface area contributed by atoms with E-state index in [9.17, 15) is 9.59 Å². The molecular weight excluding hydrogens is 244 g/mol. The number of nitrogens with one attached hydrogen (secondary N) is 1. The summed E-state index contributed by atoms with van der Waals surface area (Å²) in [5.41, 5.74) is 0.285. The van der Waals surface area contributed by atoms with Crippen molar-refractivity contribution >= 4 is 29.4 Å². The van der Waals surface area contributed by atoms with Crippen LogP contribution in [0.4, 0.5) is 5.88 Å². The van der Waals surface area contributed by atoms with Gasteiger partial charge in [-0.15, -0.1) is 0 Å². The Bertz CT molecular complexity index is 496. The topological polar surface area (TPSA) is 80.9 Å². The summed E-state index contributed by atoms with van der Waals surface area (Å²) < 4.78 is 9.73. The molecule has 0 amide bonds. The van der Waals surface area contributed by atoms with Gasteiger partial charge in [0.2, 0.25) is 5.88 Å². The summed E-state index contributed by atoms with van der Waals surface area (Å²) in [6.07, 6.45) is 0.616. The maximum atomic E-state index is 11.2. The van der Waals surface area contributed by atoms with Gasteiger partial charge < -0.3 is 13.9 Å². The van der Waals surface area contributed by atoms with Crippen molar-refractivity contribution in [3.8, 4) is 0 Å². The minimum absolute atomic E-state index is 0.0650. The van der Waals surface area contributed by atoms with Crippen LogP contribution in [0.2, 0.25) is 0 Å². The summed E-state index contributed by atoms with van der Waals surface area (Å²) in [5, 5.41) is 3.10. The molecule has 0 aromatic carbocycles. The van der Waals surface area contributed by atoms with Crippen LogP contribution in [-0.2, 0) is 4.18 Å². The van der Waals surface area contributed by atoms with E-state index in [2.05, 4.69) is 10.3 Å². The molecule has 0 aliphatic rings. The zero-order valence-electron chi connectivity index (χ0n) is 9.64. The summed E-state index contributed by atoms with van der Waals surface area (Å²) in [6.45, 7) is 1.65. The third kappa shape index (κ3) is 3.43. The monoisotopic (exact) mass is 256 g/mol. The van der Waals surface area contributed by atoms with E-state index in [1.807, 2.05) is 0 Å². The predicted octanol–water partition coefficient (Wildman–Crippen LogP) is 1.45. The molecule has 0 aliphatic carbocycles. The lowest BCUT2D eigenvalue weighted by Gasteiger charge is -2.08. The van der Waals surface area contributed by atoms with Crippen molar-refractivity contribution in [2.75, 3.05) is 19.5 Å². The summed E-state index contributed by atoms with van der Waals surface area (Å²) in [4.78, 5) is 26.0. The maximum Gasteiger partial charge on any atom is 0.337 e. The summed E-state index contributed by atoms with van der Waals surface area (Å²) in [7, 11) is 3.02. The van der Waals surface area contributed by atoms with E-state index in [4.69, 9.17) is 8.60 Å². The molecule has 1 aromatic rings. The third-order valence-electron chi connectivity index (χ3n) is 1.91. The van der Waals surface area contributed by atoms with Crippen LogP contribution in [0.5, 0.6) is 0 Å². The Balaban J connectivity index is 3.13. The second-order valence-electron chi connectivity index (χ2n) is 3.01. The van der Waals surface area contributed by atoms with Gasteiger partial charge in [0.25, 0.3) is 0 Å². The number of anilines is 1. The number of rotatable bonds is 3. The Morgan fingerprint density at radius 3 is 2.88 bits per heavy atom. The van der Waals surface area contributed by atoms with E-state index in [0.717, 1.165) is 12.0 Å². The first-order valence-corrected chi connectivity index (χ1v) is 5.41. The van der Waals surface area contributed by atoms with Crippen LogP contribution < -0.4 is 10.9 Å². The number of aliphatic imine (C=N–C) groups is 1. The van der Waals surface area contributed by atoms with Gasteiger partial charge in [-0.1, -0.05) is 0 Å². The lowest BCUT2D eigenvalue weighted by Crippen LogP contribution is -2.13. The second-order valence-corrected chi connectivity index (χ2v) is 3.90. The van der Waals surface area contributed by atoms with Crippen LogP contribution >= 0.6 is 12.0 Å². The molecule has 92 valence electrons. The van der Waals surface area contributed by atoms with Crippen LogP contribution in [0.25, 0.3) is 0 Å². The van der Waals surface area contributed by atoms with Crippen molar-refractivity contribution in [3.05, 3.63) is 27.6 Å². The molecule has 0 saturated heterocycles. The second kappa shape index (κ2) is 6.21. The Morgan fingerprint density at radius 2 is 2.35 bits per heavy atom. The standard InChI is InChI=1S/C10H12N2O4S/c1-6-4-8(14)16-9(7(6)5-13)12-10(11-2)17-15-3/h4-5H,1-3H3,(H,11,12). The molecule has 0 atom stereocenters. The van der Waals surface area contributed by atoms with Gasteiger partial charge in [0, 0.05) is 13.1 Å². The van der Waals surface area contributed by atoms with Gasteiger partial charge >= 0.3 is 5.63 Å². The average molecular weight is 256 g/mol. The van der Waals surface area contributed by atoms with Gasteiger partial charge in [-0.05, 0) is 12.5 Å². The molecule has 0 saturated carbocycles. The zero-order chi connectivity index (χ0) is 12.8. The Morgan fingerprint density at radius 1 is 1.65 bits per heavy atom. The summed E-state index contributed by atoms with van der Waals surface area (Å²) in [6, 6.07) is 1.25. The lowest BCUT2D eigenvalue weighted by molar-refractivity contribution is 0.112. The smallest absolute Gasteiger partial charge is 0.337 e. The highest BCUT2D eigenvalue weighted by Gasteiger charge is 2.12. The minimum atomic E-state index is -0.534. The predicted molar refractivity (Wildman–Crippen MR) is 66.7 cm³/mol. The van der Waals surface area contributed by atoms with Gasteiger partial charge in [0.15, 0.2) is 11.5 Å². The third-order valence-corrected chi connectivity index (χ3v) is 2.52. The molecule has 0 bridgehead atoms. The Labute approximate surface area is 102 Å². The van der Waals surface area contributed by atoms with E-state index in [0.29, 0.717) is 17.0 Å². The number of hydrogen-bond acceptors (Lipinski definition) is 6. The minimum Gasteiger partial charge on any atom is -0.405 e. The SMILES string of the molecule is CN=C(Nc1oc(=O)cc(C)c1C=O)SOC. The molecule has 1 aromatic heterocycles. The van der Waals surface area contributed by atoms with Crippen LogP contribution in [-0.4, -0.2) is 25.6 Å². The quantitative estimate of drug-likeness (QED) is 0.381. The number of carbonyl (C=O) groups is 1. The highest BCUT2D eigenvalue weighted by atomic mass is 32.2. The number of aldehydes is 1. The lowest BCUT2D eigenvalue weighted by atomic mass is 10.2. The molecule has 0 spiro atoms. The summed E-state index contributed by atoms with van der Waals surface area (Å²) >= 11 is 0.963. The molecular formula is C10H12N2O4S. The van der Waals surface area contributed by atoms with Crippen LogP contribution in [0.3, 0.4) is 0 Å². The first-order valence-electron chi connectivity index (χ1n) is 4.66. The molecule has 17 heavy (non-hydrogen) atoms. The van der Waals surface area contributed by atoms with Crippen LogP contribution in [0.15, 0.2) is 20.3 Å². The highest BCUT2D eigenvalue weighted by Crippen LogP contribution is 2.17. The van der Waals surface area contributed by atoms with E-state index in [1.54, 1.807) is 14.0 Å². The number of hydrogen-bond donors (Lipinski definition) is 1. The van der Waals surface area contributed by atoms with E-state index < -0.39 is 5.63 Å². The molecule has 7 heteroatoms. The molecule has 1 rings (SSSR count). The fourth-order valence-corrected chi connectivity index (χ4v) is 1.51. The molecule has 0 unspecified atom stereocenters. The molecule has 0 aliphatic heterocycles. The molecule has 0 radical (unpaired) electrons. The van der Waals surface area contributed by atoms with E-state index >= 15 is 0 Å². The largest absolute Gasteiger partial charge is 0.405 e. The zero-order valence-corrected chi connectivity index (χ0v) is 10.5. The van der Waals surface area contributed by atoms with Crippen molar-refractivity contribution < 1.29 is 13.4 Å². The first-order chi connectivity index (χ1) is 8.12. The van der Waals surface area contributed by atoms with Gasteiger partial charge in [0.05, 0.1) is 24.7 Å². The fourth-order valence-electron chi connectivity index (χ4n) is 1.15. The van der Waals surface area contributed by atoms with Gasteiger partial charge in [-0.25, -0.2) is 4.79 Å². The van der Waals surface area contributed by atoms with Crippen LogP contribution in [0.1, 0.15) is 15.9 Å². The van der Waals surface area contributed by atoms with Gasteiger partial charge in [0.1, 0.15) is 0 Å². The van der Waals surface area contributed by atoms with E-state index in [1.165, 1.54) is 13.2 Å². The molecule has 1 heterocycles. The van der Waals surface area contributed by atoms with Crippen molar-refractivity contribution in [2.24, 2.45) is 4.99 Å². The maximum absolute atomic E-state index is 11.2.